The summed E-state index contributed by atoms with van der Waals surface area (Å²) in [5.41, 5.74) is 4.14. The van der Waals surface area contributed by atoms with E-state index in [2.05, 4.69) is 25.4 Å². The molecule has 9 heteroatoms. The monoisotopic (exact) mass is 567 g/mol. The van der Waals surface area contributed by atoms with E-state index in [9.17, 15) is 4.79 Å². The van der Waals surface area contributed by atoms with E-state index in [-0.39, 0.29) is 24.0 Å². The number of aromatic nitrogens is 3. The number of H-pyrrole nitrogens is 1. The lowest BCUT2D eigenvalue weighted by molar-refractivity contribution is -0.0778. The highest BCUT2D eigenvalue weighted by molar-refractivity contribution is 6.01. The molecule has 3 saturated heterocycles. The molecule has 218 valence electrons. The molecule has 1 amide bonds. The zero-order valence-corrected chi connectivity index (χ0v) is 23.7. The number of nitrogens with one attached hydrogen (secondary N) is 2. The molecule has 1 unspecified atom stereocenters. The van der Waals surface area contributed by atoms with E-state index < -0.39 is 0 Å². The van der Waals surface area contributed by atoms with Gasteiger partial charge in [0.1, 0.15) is 11.9 Å². The molecule has 1 atom stereocenters. The molecule has 3 aliphatic rings. The number of ether oxygens (including phenoxy) is 3. The lowest BCUT2D eigenvalue weighted by Gasteiger charge is -2.41. The number of aromatic amines is 1. The van der Waals surface area contributed by atoms with Crippen LogP contribution in [-0.2, 0) is 9.47 Å². The van der Waals surface area contributed by atoms with Crippen LogP contribution in [0, 0.1) is 5.92 Å². The highest BCUT2D eigenvalue weighted by Crippen LogP contribution is 2.32. The van der Waals surface area contributed by atoms with Crippen molar-refractivity contribution in [2.75, 3.05) is 39.5 Å². The number of amides is 1. The Kier molecular flexibility index (Phi) is 7.87. The molecule has 5 heterocycles. The molecule has 0 saturated carbocycles. The van der Waals surface area contributed by atoms with Crippen molar-refractivity contribution in [1.29, 1.82) is 0 Å². The summed E-state index contributed by atoms with van der Waals surface area (Å²) in [4.78, 5) is 20.7. The van der Waals surface area contributed by atoms with E-state index in [0.29, 0.717) is 24.8 Å². The second kappa shape index (κ2) is 12.2. The Bertz CT molecular complexity index is 1490. The molecule has 7 rings (SSSR count). The van der Waals surface area contributed by atoms with Crippen LogP contribution in [0.5, 0.6) is 5.75 Å². The highest BCUT2D eigenvalue weighted by atomic mass is 16.5. The Labute approximate surface area is 245 Å². The molecule has 42 heavy (non-hydrogen) atoms. The summed E-state index contributed by atoms with van der Waals surface area (Å²) in [6, 6.07) is 20.1. The van der Waals surface area contributed by atoms with Crippen LogP contribution in [-0.4, -0.2) is 77.7 Å². The Morgan fingerprint density at radius 2 is 1.79 bits per heavy atom. The van der Waals surface area contributed by atoms with E-state index in [1.54, 1.807) is 6.20 Å². The maximum absolute atomic E-state index is 13.6. The zero-order valence-electron chi connectivity index (χ0n) is 23.7. The first-order valence-electron chi connectivity index (χ1n) is 15.1. The van der Waals surface area contributed by atoms with Gasteiger partial charge in [0.2, 0.25) is 0 Å². The molecular formula is C33H37N5O4. The van der Waals surface area contributed by atoms with Gasteiger partial charge in [-0.25, -0.2) is 0 Å². The lowest BCUT2D eigenvalue weighted by atomic mass is 9.89. The summed E-state index contributed by atoms with van der Waals surface area (Å²) in [5, 5.41) is 11.9. The average molecular weight is 568 g/mol. The third-order valence-corrected chi connectivity index (χ3v) is 8.90. The Balaban J connectivity index is 1.05. The molecule has 2 aromatic carbocycles. The standard InChI is InChI=1S/C33H37N5O4/c39-33(35-32(23-12-17-40-18-13-23)30-3-1-2-14-34-30)24-6-9-29-28(19-24)31(37-36-29)22-4-7-26(8-5-22)42-27-10-15-38(16-11-27)25-20-41-21-25/h1-9,14,19,23,25,27,32H,10-13,15-18,20-21H2,(H,35,39)(H,36,37). The fourth-order valence-electron chi connectivity index (χ4n) is 6.32. The zero-order chi connectivity index (χ0) is 28.3. The third kappa shape index (κ3) is 5.77. The van der Waals surface area contributed by atoms with Gasteiger partial charge in [0, 0.05) is 49.0 Å². The molecule has 9 nitrogen and oxygen atoms in total. The molecule has 0 spiro atoms. The van der Waals surface area contributed by atoms with Crippen molar-refractivity contribution >= 4 is 16.8 Å². The van der Waals surface area contributed by atoms with Gasteiger partial charge in [-0.2, -0.15) is 5.10 Å². The molecular weight excluding hydrogens is 530 g/mol. The maximum atomic E-state index is 13.6. The van der Waals surface area contributed by atoms with Crippen LogP contribution in [0.2, 0.25) is 0 Å². The van der Waals surface area contributed by atoms with Crippen LogP contribution in [0.3, 0.4) is 0 Å². The van der Waals surface area contributed by atoms with Gasteiger partial charge in [-0.15, -0.1) is 0 Å². The summed E-state index contributed by atoms with van der Waals surface area (Å²) in [5.74, 6) is 1.03. The lowest BCUT2D eigenvalue weighted by Crippen LogP contribution is -2.52. The van der Waals surface area contributed by atoms with E-state index >= 15 is 0 Å². The number of hydrogen-bond acceptors (Lipinski definition) is 7. The number of benzene rings is 2. The topological polar surface area (TPSA) is 102 Å². The normalized spacial score (nSPS) is 19.8. The van der Waals surface area contributed by atoms with Crippen molar-refractivity contribution in [3.8, 4) is 17.0 Å². The van der Waals surface area contributed by atoms with Gasteiger partial charge >= 0.3 is 0 Å². The SMILES string of the molecule is O=C(NC(c1ccccn1)C1CCOCC1)c1ccc2[nH]nc(-c3ccc(OC4CCN(C5COC5)CC4)cc3)c2c1. The van der Waals surface area contributed by atoms with Crippen molar-refractivity contribution in [1.82, 2.24) is 25.4 Å². The van der Waals surface area contributed by atoms with Crippen molar-refractivity contribution in [2.24, 2.45) is 5.92 Å². The van der Waals surface area contributed by atoms with E-state index in [4.69, 9.17) is 14.2 Å². The molecule has 2 N–H and O–H groups in total. The Morgan fingerprint density at radius 3 is 2.50 bits per heavy atom. The van der Waals surface area contributed by atoms with Crippen LogP contribution in [0.4, 0.5) is 0 Å². The van der Waals surface area contributed by atoms with Crippen molar-refractivity contribution in [2.45, 2.75) is 43.9 Å². The minimum atomic E-state index is -0.172. The number of piperidine rings is 1. The number of nitrogens with zero attached hydrogens (tertiary/aromatic N) is 3. The third-order valence-electron chi connectivity index (χ3n) is 8.90. The fraction of sp³-hybridized carbons (Fsp3) is 0.424. The maximum Gasteiger partial charge on any atom is 0.251 e. The molecule has 0 bridgehead atoms. The fourth-order valence-corrected chi connectivity index (χ4v) is 6.32. The second-order valence-electron chi connectivity index (χ2n) is 11.6. The van der Waals surface area contributed by atoms with Gasteiger partial charge < -0.3 is 19.5 Å². The number of pyridine rings is 1. The summed E-state index contributed by atoms with van der Waals surface area (Å²) in [7, 11) is 0. The van der Waals surface area contributed by atoms with Crippen LogP contribution >= 0.6 is 0 Å². The van der Waals surface area contributed by atoms with Crippen LogP contribution in [0.15, 0.2) is 66.9 Å². The van der Waals surface area contributed by atoms with Gasteiger partial charge in [0.15, 0.2) is 0 Å². The predicted molar refractivity (Wildman–Crippen MR) is 159 cm³/mol. The molecule has 0 radical (unpaired) electrons. The summed E-state index contributed by atoms with van der Waals surface area (Å²) in [6.45, 7) is 5.25. The minimum absolute atomic E-state index is 0.120. The number of likely N-dealkylation sites (tertiary alicyclic amines) is 1. The van der Waals surface area contributed by atoms with Gasteiger partial charge in [-0.05, 0) is 86.2 Å². The van der Waals surface area contributed by atoms with Crippen molar-refractivity contribution in [3.63, 3.8) is 0 Å². The van der Waals surface area contributed by atoms with Crippen LogP contribution in [0.25, 0.3) is 22.2 Å². The summed E-state index contributed by atoms with van der Waals surface area (Å²) >= 11 is 0. The average Bonchev–Trinajstić information content (AvgIpc) is 3.44. The first-order valence-corrected chi connectivity index (χ1v) is 15.1. The van der Waals surface area contributed by atoms with Crippen LogP contribution < -0.4 is 10.1 Å². The molecule has 0 aliphatic carbocycles. The van der Waals surface area contributed by atoms with E-state index in [0.717, 1.165) is 85.6 Å². The quantitative estimate of drug-likeness (QED) is 0.316. The Hall–Kier alpha value is -3.79. The summed E-state index contributed by atoms with van der Waals surface area (Å²) < 4.78 is 17.2. The minimum Gasteiger partial charge on any atom is -0.490 e. The van der Waals surface area contributed by atoms with Gasteiger partial charge in [-0.3, -0.25) is 19.8 Å². The van der Waals surface area contributed by atoms with E-state index in [1.165, 1.54) is 0 Å². The molecule has 4 aromatic rings. The second-order valence-corrected chi connectivity index (χ2v) is 11.6. The first kappa shape index (κ1) is 27.1. The van der Waals surface area contributed by atoms with Crippen molar-refractivity contribution in [3.05, 3.63) is 78.1 Å². The van der Waals surface area contributed by atoms with E-state index in [1.807, 2.05) is 60.7 Å². The van der Waals surface area contributed by atoms with Crippen molar-refractivity contribution < 1.29 is 19.0 Å². The van der Waals surface area contributed by atoms with Gasteiger partial charge in [-0.1, -0.05) is 6.07 Å². The van der Waals surface area contributed by atoms with Crippen LogP contribution in [0.1, 0.15) is 47.8 Å². The largest absolute Gasteiger partial charge is 0.490 e. The van der Waals surface area contributed by atoms with Gasteiger partial charge in [0.05, 0.1) is 42.2 Å². The molecule has 3 aliphatic heterocycles. The number of fused-ring (bicyclic) bond motifs is 1. The first-order chi connectivity index (χ1) is 20.7. The smallest absolute Gasteiger partial charge is 0.251 e. The number of rotatable bonds is 8. The number of carbonyl (C=O) groups excluding carboxylic acids is 1. The van der Waals surface area contributed by atoms with Gasteiger partial charge in [0.25, 0.3) is 5.91 Å². The predicted octanol–water partition coefficient (Wildman–Crippen LogP) is 4.76. The highest BCUT2D eigenvalue weighted by Gasteiger charge is 2.31. The molecule has 3 fully saturated rings. The number of carbonyl (C=O) groups is 1. The number of hydrogen-bond donors (Lipinski definition) is 2. The molecule has 2 aromatic heterocycles. The summed E-state index contributed by atoms with van der Waals surface area (Å²) in [6.07, 6.45) is 5.85. The Morgan fingerprint density at radius 1 is 0.976 bits per heavy atom.